The summed E-state index contributed by atoms with van der Waals surface area (Å²) >= 11 is 1.62. The summed E-state index contributed by atoms with van der Waals surface area (Å²) in [6.07, 6.45) is 1.96. The molecule has 6 heteroatoms. The minimum Gasteiger partial charge on any atom is -0.354 e. The fourth-order valence-corrected chi connectivity index (χ4v) is 2.77. The second-order valence-electron chi connectivity index (χ2n) is 4.88. The van der Waals surface area contributed by atoms with Crippen LogP contribution in [0.5, 0.6) is 0 Å². The van der Waals surface area contributed by atoms with E-state index in [0.29, 0.717) is 11.9 Å². The highest BCUT2D eigenvalue weighted by Crippen LogP contribution is 2.25. The molecule has 3 rings (SSSR count). The van der Waals surface area contributed by atoms with Crippen molar-refractivity contribution < 1.29 is 0 Å². The molecule has 0 aliphatic heterocycles. The molecule has 0 saturated heterocycles. The van der Waals surface area contributed by atoms with Crippen LogP contribution in [-0.2, 0) is 0 Å². The lowest BCUT2D eigenvalue weighted by Gasteiger charge is -2.07. The first-order valence-corrected chi connectivity index (χ1v) is 7.62. The molecular weight excluding hydrogens is 270 g/mol. The zero-order valence-electron chi connectivity index (χ0n) is 11.8. The Hall–Kier alpha value is -1.95. The van der Waals surface area contributed by atoms with Gasteiger partial charge in [-0.3, -0.25) is 0 Å². The molecule has 0 radical (unpaired) electrons. The van der Waals surface area contributed by atoms with Crippen LogP contribution in [0.25, 0.3) is 16.0 Å². The van der Waals surface area contributed by atoms with Gasteiger partial charge in [0.1, 0.15) is 4.83 Å². The first-order valence-electron chi connectivity index (χ1n) is 6.74. The van der Waals surface area contributed by atoms with E-state index in [1.807, 2.05) is 35.3 Å². The van der Waals surface area contributed by atoms with Gasteiger partial charge in [0.2, 0.25) is 5.95 Å². The predicted molar refractivity (Wildman–Crippen MR) is 82.8 cm³/mol. The topological polar surface area (TPSA) is 55.6 Å². The Bertz CT molecular complexity index is 728. The maximum atomic E-state index is 4.61. The number of nitrogens with zero attached hydrogens (tertiary/aromatic N) is 4. The maximum absolute atomic E-state index is 4.61. The van der Waals surface area contributed by atoms with Crippen molar-refractivity contribution in [1.29, 1.82) is 0 Å². The van der Waals surface area contributed by atoms with E-state index in [-0.39, 0.29) is 0 Å². The van der Waals surface area contributed by atoms with Crippen LogP contribution >= 0.6 is 11.3 Å². The number of nitrogens with one attached hydrogen (secondary N) is 1. The molecule has 1 N–H and O–H groups in total. The van der Waals surface area contributed by atoms with Gasteiger partial charge in [-0.15, -0.1) is 11.3 Å². The highest BCUT2D eigenvalue weighted by Gasteiger charge is 2.12. The lowest BCUT2D eigenvalue weighted by atomic mass is 10.1. The Labute approximate surface area is 121 Å². The number of hydrogen-bond acceptors (Lipinski definition) is 5. The van der Waals surface area contributed by atoms with Crippen LogP contribution in [0.3, 0.4) is 0 Å². The lowest BCUT2D eigenvalue weighted by Crippen LogP contribution is -2.07. The van der Waals surface area contributed by atoms with Gasteiger partial charge in [0.15, 0.2) is 5.82 Å². The number of aromatic nitrogens is 4. The summed E-state index contributed by atoms with van der Waals surface area (Å²) in [5.41, 5.74) is 1.07. The van der Waals surface area contributed by atoms with E-state index < -0.39 is 0 Å². The van der Waals surface area contributed by atoms with Crippen LogP contribution in [0.15, 0.2) is 23.7 Å². The van der Waals surface area contributed by atoms with Gasteiger partial charge in [0.25, 0.3) is 0 Å². The number of thiophene rings is 1. The zero-order valence-corrected chi connectivity index (χ0v) is 12.6. The monoisotopic (exact) mass is 287 g/mol. The number of rotatable bonds is 4. The summed E-state index contributed by atoms with van der Waals surface area (Å²) in [5, 5.41) is 10.9. The number of hydrogen-bond donors (Lipinski definition) is 1. The van der Waals surface area contributed by atoms with Gasteiger partial charge in [-0.2, -0.15) is 10.1 Å². The van der Waals surface area contributed by atoms with Crippen molar-refractivity contribution in [2.45, 2.75) is 26.7 Å². The third-order valence-corrected chi connectivity index (χ3v) is 3.86. The first-order chi connectivity index (χ1) is 9.69. The van der Waals surface area contributed by atoms with E-state index in [2.05, 4.69) is 34.2 Å². The van der Waals surface area contributed by atoms with E-state index in [4.69, 9.17) is 0 Å². The van der Waals surface area contributed by atoms with Crippen molar-refractivity contribution in [3.63, 3.8) is 0 Å². The van der Waals surface area contributed by atoms with Crippen molar-refractivity contribution in [2.75, 3.05) is 11.9 Å². The largest absolute Gasteiger partial charge is 0.354 e. The first kappa shape index (κ1) is 13.1. The highest BCUT2D eigenvalue weighted by molar-refractivity contribution is 7.16. The molecule has 104 valence electrons. The Morgan fingerprint density at radius 1 is 1.30 bits per heavy atom. The summed E-state index contributed by atoms with van der Waals surface area (Å²) in [6.45, 7) is 7.10. The maximum Gasteiger partial charge on any atom is 0.226 e. The van der Waals surface area contributed by atoms with E-state index in [9.17, 15) is 0 Å². The minimum atomic E-state index is 0.407. The van der Waals surface area contributed by atoms with Gasteiger partial charge < -0.3 is 5.32 Å². The van der Waals surface area contributed by atoms with Crippen molar-refractivity contribution in [2.24, 2.45) is 0 Å². The van der Waals surface area contributed by atoms with Crippen LogP contribution in [-0.4, -0.2) is 26.3 Å². The Morgan fingerprint density at radius 2 is 2.15 bits per heavy atom. The van der Waals surface area contributed by atoms with Crippen LogP contribution < -0.4 is 5.32 Å². The fourth-order valence-electron chi connectivity index (χ4n) is 2.02. The minimum absolute atomic E-state index is 0.407. The molecule has 3 heterocycles. The van der Waals surface area contributed by atoms with Crippen LogP contribution in [0.1, 0.15) is 32.4 Å². The van der Waals surface area contributed by atoms with Gasteiger partial charge in [-0.25, -0.2) is 9.67 Å². The smallest absolute Gasteiger partial charge is 0.226 e. The van der Waals surface area contributed by atoms with Crippen molar-refractivity contribution in [1.82, 2.24) is 19.7 Å². The normalized spacial score (nSPS) is 11.4. The molecular formula is C14H17N5S. The molecule has 20 heavy (non-hydrogen) atoms. The molecule has 0 fully saturated rings. The average molecular weight is 287 g/mol. The van der Waals surface area contributed by atoms with E-state index in [1.165, 1.54) is 0 Å². The van der Waals surface area contributed by atoms with Gasteiger partial charge in [-0.05, 0) is 30.4 Å². The molecule has 0 bridgehead atoms. The second kappa shape index (κ2) is 5.20. The third-order valence-electron chi connectivity index (χ3n) is 3.06. The van der Waals surface area contributed by atoms with Crippen LogP contribution in [0.4, 0.5) is 5.95 Å². The van der Waals surface area contributed by atoms with Gasteiger partial charge in [0.05, 0.1) is 11.1 Å². The zero-order chi connectivity index (χ0) is 14.1. The number of anilines is 1. The lowest BCUT2D eigenvalue weighted by molar-refractivity contribution is 0.760. The Kier molecular flexibility index (Phi) is 3.40. The average Bonchev–Trinajstić information content (AvgIpc) is 3.07. The summed E-state index contributed by atoms with van der Waals surface area (Å²) in [6, 6.07) is 4.08. The molecule has 3 aromatic rings. The van der Waals surface area contributed by atoms with Gasteiger partial charge in [0, 0.05) is 12.7 Å². The van der Waals surface area contributed by atoms with Crippen molar-refractivity contribution >= 4 is 27.5 Å². The molecule has 0 spiro atoms. The molecule has 0 saturated carbocycles. The summed E-state index contributed by atoms with van der Waals surface area (Å²) in [5.74, 6) is 1.89. The standard InChI is InChI=1S/C14H17N5S/c1-4-15-14-16-12(10-6-8-20-13(10)17-14)19-7-5-11(18-19)9(2)3/h5-9H,4H2,1-3H3,(H,15,16,17). The third kappa shape index (κ3) is 2.27. The Balaban J connectivity index is 2.14. The van der Waals surface area contributed by atoms with E-state index in [0.717, 1.165) is 28.3 Å². The van der Waals surface area contributed by atoms with E-state index in [1.54, 1.807) is 11.3 Å². The van der Waals surface area contributed by atoms with Crippen LogP contribution in [0.2, 0.25) is 0 Å². The van der Waals surface area contributed by atoms with Crippen LogP contribution in [0, 0.1) is 0 Å². The molecule has 0 atom stereocenters. The molecule has 0 aliphatic carbocycles. The summed E-state index contributed by atoms with van der Waals surface area (Å²) in [4.78, 5) is 10.1. The van der Waals surface area contributed by atoms with Crippen molar-refractivity contribution in [3.05, 3.63) is 29.4 Å². The second-order valence-corrected chi connectivity index (χ2v) is 5.78. The summed E-state index contributed by atoms with van der Waals surface area (Å²) < 4.78 is 1.84. The highest BCUT2D eigenvalue weighted by atomic mass is 32.1. The van der Waals surface area contributed by atoms with Gasteiger partial charge in [-0.1, -0.05) is 13.8 Å². The number of fused-ring (bicyclic) bond motifs is 1. The Morgan fingerprint density at radius 3 is 2.85 bits per heavy atom. The molecule has 3 aromatic heterocycles. The SMILES string of the molecule is CCNc1nc(-n2ccc(C(C)C)n2)c2ccsc2n1. The fraction of sp³-hybridized carbons (Fsp3) is 0.357. The molecule has 0 aliphatic rings. The molecule has 0 aromatic carbocycles. The predicted octanol–water partition coefficient (Wildman–Crippen LogP) is 3.43. The molecule has 0 amide bonds. The quantitative estimate of drug-likeness (QED) is 0.798. The van der Waals surface area contributed by atoms with E-state index >= 15 is 0 Å². The molecule has 5 nitrogen and oxygen atoms in total. The summed E-state index contributed by atoms with van der Waals surface area (Å²) in [7, 11) is 0. The van der Waals surface area contributed by atoms with Crippen molar-refractivity contribution in [3.8, 4) is 5.82 Å². The molecule has 0 unspecified atom stereocenters. The van der Waals surface area contributed by atoms with Gasteiger partial charge >= 0.3 is 0 Å².